The van der Waals surface area contributed by atoms with Gasteiger partial charge in [-0.2, -0.15) is 0 Å². The second-order valence-corrected chi connectivity index (χ2v) is 10.8. The number of ether oxygens (including phenoxy) is 1. The van der Waals surface area contributed by atoms with Crippen molar-refractivity contribution in [2.75, 3.05) is 6.16 Å². The molecule has 0 saturated carbocycles. The van der Waals surface area contributed by atoms with E-state index in [1.165, 1.54) is 0 Å². The van der Waals surface area contributed by atoms with Crippen LogP contribution in [0.15, 0.2) is 36.4 Å². The quantitative estimate of drug-likeness (QED) is 0.239. The molecule has 0 aliphatic carbocycles. The molecule has 0 bridgehead atoms. The van der Waals surface area contributed by atoms with Crippen LogP contribution in [0.4, 0.5) is 0 Å². The summed E-state index contributed by atoms with van der Waals surface area (Å²) in [6.07, 6.45) is 6.09. The second kappa shape index (κ2) is 9.51. The van der Waals surface area contributed by atoms with E-state index in [1.54, 1.807) is 58.1 Å². The molecule has 0 aliphatic heterocycles. The first-order valence-electron chi connectivity index (χ1n) is 10.0. The van der Waals surface area contributed by atoms with Crippen LogP contribution in [-0.2, 0) is 14.1 Å². The van der Waals surface area contributed by atoms with Crippen molar-refractivity contribution in [2.24, 2.45) is 0 Å². The van der Waals surface area contributed by atoms with Gasteiger partial charge in [0, 0.05) is 22.9 Å². The lowest BCUT2D eigenvalue weighted by atomic mass is 10.0. The zero-order valence-electron chi connectivity index (χ0n) is 19.3. The summed E-state index contributed by atoms with van der Waals surface area (Å²) in [5.74, 6) is -0.997. The second-order valence-electron chi connectivity index (χ2n) is 8.17. The molecule has 0 aromatic heterocycles. The normalized spacial score (nSPS) is 10.9. The van der Waals surface area contributed by atoms with Crippen LogP contribution in [-0.4, -0.2) is 23.2 Å². The molecule has 2 rings (SSSR count). The van der Waals surface area contributed by atoms with Crippen LogP contribution in [0.1, 0.15) is 54.1 Å². The first-order valence-corrected chi connectivity index (χ1v) is 11.9. The minimum absolute atomic E-state index is 0.216. The number of carbonyl (C=O) groups is 3. The molecule has 2 aromatic rings. The van der Waals surface area contributed by atoms with Crippen molar-refractivity contribution in [3.8, 4) is 12.5 Å². The molecule has 0 unspecified atom stereocenters. The van der Waals surface area contributed by atoms with Gasteiger partial charge in [0.25, 0.3) is 0 Å². The summed E-state index contributed by atoms with van der Waals surface area (Å²) in [5, 5.41) is 0. The number of hydrogen-bond donors (Lipinski definition) is 0. The van der Waals surface area contributed by atoms with Crippen LogP contribution in [0.3, 0.4) is 0 Å². The molecular formula is C26H27O5P. The summed E-state index contributed by atoms with van der Waals surface area (Å²) in [6, 6.07) is 7.16. The summed E-state index contributed by atoms with van der Waals surface area (Å²) < 4.78 is 18.8. The summed E-state index contributed by atoms with van der Waals surface area (Å²) in [4.78, 5) is 39.5. The first-order chi connectivity index (χ1) is 14.8. The lowest BCUT2D eigenvalue weighted by Crippen LogP contribution is -2.20. The monoisotopic (exact) mass is 450 g/mol. The van der Waals surface area contributed by atoms with Gasteiger partial charge in [0.15, 0.2) is 0 Å². The summed E-state index contributed by atoms with van der Waals surface area (Å²) in [6.45, 7) is 14.3. The van der Waals surface area contributed by atoms with Crippen molar-refractivity contribution < 1.29 is 23.7 Å². The molecule has 6 heteroatoms. The molecule has 32 heavy (non-hydrogen) atoms. The van der Waals surface area contributed by atoms with E-state index in [1.807, 2.05) is 13.8 Å². The largest absolute Gasteiger partial charge is 0.369 e. The Kier molecular flexibility index (Phi) is 7.44. The zero-order chi connectivity index (χ0) is 24.4. The summed E-state index contributed by atoms with van der Waals surface area (Å²) >= 11 is 0. The highest BCUT2D eigenvalue weighted by molar-refractivity contribution is 7.95. The van der Waals surface area contributed by atoms with Gasteiger partial charge in [-0.1, -0.05) is 48.4 Å². The number of esters is 1. The number of rotatable bonds is 7. The molecule has 0 atom stereocenters. The molecule has 0 amide bonds. The van der Waals surface area contributed by atoms with Crippen molar-refractivity contribution in [1.82, 2.24) is 0 Å². The molecule has 0 fully saturated rings. The van der Waals surface area contributed by atoms with E-state index in [4.69, 9.17) is 6.42 Å². The SMILES string of the molecule is C#COC(=O)C(=C)CP(=O)(C(=O)c1c(C)cc(C)cc1C)C(=O)c1c(C)cc(C)cc1C. The number of hydrogen-bond acceptors (Lipinski definition) is 5. The third-order valence-corrected chi connectivity index (χ3v) is 7.88. The van der Waals surface area contributed by atoms with Gasteiger partial charge in [0.05, 0.1) is 0 Å². The van der Waals surface area contributed by atoms with Crippen molar-refractivity contribution in [3.63, 3.8) is 0 Å². The topological polar surface area (TPSA) is 77.5 Å². The Hall–Kier alpha value is -3.22. The third kappa shape index (κ3) is 4.82. The van der Waals surface area contributed by atoms with Gasteiger partial charge in [0.1, 0.15) is 6.11 Å². The number of carbonyl (C=O) groups excluding carboxylic acids is 3. The third-order valence-electron chi connectivity index (χ3n) is 5.29. The smallest absolute Gasteiger partial charge is 0.347 e. The lowest BCUT2D eigenvalue weighted by molar-refractivity contribution is -0.132. The lowest BCUT2D eigenvalue weighted by Gasteiger charge is -2.21. The molecule has 166 valence electrons. The van der Waals surface area contributed by atoms with Gasteiger partial charge in [-0.3, -0.25) is 9.59 Å². The molecule has 0 saturated heterocycles. The molecular weight excluding hydrogens is 423 g/mol. The molecule has 0 aliphatic rings. The minimum atomic E-state index is -4.36. The maximum absolute atomic E-state index is 14.3. The fourth-order valence-corrected chi connectivity index (χ4v) is 6.66. The Labute approximate surface area is 189 Å². The van der Waals surface area contributed by atoms with Gasteiger partial charge in [-0.15, -0.1) is 0 Å². The highest BCUT2D eigenvalue weighted by Crippen LogP contribution is 2.54. The Morgan fingerprint density at radius 3 is 1.50 bits per heavy atom. The maximum Gasteiger partial charge on any atom is 0.347 e. The molecule has 5 nitrogen and oxygen atoms in total. The van der Waals surface area contributed by atoms with Crippen molar-refractivity contribution in [1.29, 1.82) is 0 Å². The molecule has 2 aromatic carbocycles. The fourth-order valence-electron chi connectivity index (χ4n) is 4.09. The average molecular weight is 450 g/mol. The maximum atomic E-state index is 14.3. The van der Waals surface area contributed by atoms with Crippen LogP contribution < -0.4 is 0 Å². The van der Waals surface area contributed by atoms with Crippen LogP contribution in [0.5, 0.6) is 0 Å². The number of terminal acetylenes is 1. The minimum Gasteiger partial charge on any atom is -0.369 e. The van der Waals surface area contributed by atoms with E-state index >= 15 is 0 Å². The number of benzene rings is 2. The van der Waals surface area contributed by atoms with Gasteiger partial charge in [-0.25, -0.2) is 4.79 Å². The van der Waals surface area contributed by atoms with Crippen molar-refractivity contribution in [3.05, 3.63) is 80.9 Å². The Balaban J connectivity index is 2.74. The first kappa shape index (κ1) is 25.0. The molecule has 0 spiro atoms. The standard InChI is InChI=1S/C26H27O5P/c1-9-31-24(27)21(8)14-32(30,25(28)22-17(4)10-15(2)11-18(22)5)26(29)23-19(6)12-16(3)13-20(23)7/h1,10-13H,8,14H2,2-7H3. The van der Waals surface area contributed by atoms with Crippen LogP contribution in [0.25, 0.3) is 0 Å². The van der Waals surface area contributed by atoms with E-state index in [0.717, 1.165) is 11.1 Å². The fraction of sp³-hybridized carbons (Fsp3) is 0.269. The van der Waals surface area contributed by atoms with Crippen molar-refractivity contribution in [2.45, 2.75) is 41.5 Å². The van der Waals surface area contributed by atoms with E-state index < -0.39 is 30.3 Å². The number of aryl methyl sites for hydroxylation is 6. The molecule has 0 heterocycles. The molecule has 0 N–H and O–H groups in total. The van der Waals surface area contributed by atoms with Crippen molar-refractivity contribution >= 4 is 24.2 Å². The zero-order valence-corrected chi connectivity index (χ0v) is 20.2. The van der Waals surface area contributed by atoms with E-state index in [0.29, 0.717) is 22.3 Å². The predicted molar refractivity (Wildman–Crippen MR) is 127 cm³/mol. The van der Waals surface area contributed by atoms with Crippen LogP contribution in [0, 0.1) is 54.1 Å². The van der Waals surface area contributed by atoms with Gasteiger partial charge < -0.3 is 9.30 Å². The van der Waals surface area contributed by atoms with Crippen LogP contribution >= 0.6 is 7.14 Å². The van der Waals surface area contributed by atoms with Gasteiger partial charge in [-0.05, 0) is 63.8 Å². The Morgan fingerprint density at radius 1 is 0.844 bits per heavy atom. The van der Waals surface area contributed by atoms with Gasteiger partial charge >= 0.3 is 5.97 Å². The summed E-state index contributed by atoms with van der Waals surface area (Å²) in [7, 11) is -4.36. The average Bonchev–Trinajstić information content (AvgIpc) is 2.66. The van der Waals surface area contributed by atoms with E-state index in [-0.39, 0.29) is 16.7 Å². The highest BCUT2D eigenvalue weighted by Gasteiger charge is 2.44. The molecule has 0 radical (unpaired) electrons. The Morgan fingerprint density at radius 2 is 1.19 bits per heavy atom. The highest BCUT2D eigenvalue weighted by atomic mass is 31.2. The van der Waals surface area contributed by atoms with Crippen LogP contribution in [0.2, 0.25) is 0 Å². The predicted octanol–water partition coefficient (Wildman–Crippen LogP) is 5.57. The van der Waals surface area contributed by atoms with E-state index in [2.05, 4.69) is 11.3 Å². The van der Waals surface area contributed by atoms with E-state index in [9.17, 15) is 18.9 Å². The Bertz CT molecular complexity index is 1120. The van der Waals surface area contributed by atoms with Gasteiger partial charge in [0.2, 0.25) is 18.2 Å². The summed E-state index contributed by atoms with van der Waals surface area (Å²) in [5.41, 5.74) is 2.83.